The van der Waals surface area contributed by atoms with Gasteiger partial charge in [0.1, 0.15) is 0 Å². The van der Waals surface area contributed by atoms with Gasteiger partial charge in [-0.05, 0) is 13.3 Å². The van der Waals surface area contributed by atoms with Crippen molar-refractivity contribution in [1.29, 1.82) is 0 Å². The van der Waals surface area contributed by atoms with Crippen molar-refractivity contribution in [2.45, 2.75) is 26.7 Å². The van der Waals surface area contributed by atoms with Crippen LogP contribution < -0.4 is 0 Å². The van der Waals surface area contributed by atoms with Crippen molar-refractivity contribution in [1.82, 2.24) is 4.90 Å². The van der Waals surface area contributed by atoms with E-state index >= 15 is 0 Å². The first kappa shape index (κ1) is 8.31. The lowest BCUT2D eigenvalue weighted by Crippen LogP contribution is -2.27. The maximum Gasteiger partial charge on any atom is 0.249 e. The van der Waals surface area contributed by atoms with Gasteiger partial charge >= 0.3 is 0 Å². The number of nitrogens with zero attached hydrogens (tertiary/aromatic N) is 1. The predicted octanol–water partition coefficient (Wildman–Crippen LogP) is 1.57. The first-order valence-corrected chi connectivity index (χ1v) is 4.21. The summed E-state index contributed by atoms with van der Waals surface area (Å²) in [4.78, 5) is 13.2. The van der Waals surface area contributed by atoms with Crippen molar-refractivity contribution in [3.05, 3.63) is 11.6 Å². The van der Waals surface area contributed by atoms with Gasteiger partial charge < -0.3 is 4.90 Å². The fraction of sp³-hybridized carbons (Fsp3) is 0.667. The van der Waals surface area contributed by atoms with Crippen LogP contribution in [0.15, 0.2) is 11.6 Å². The molecule has 0 spiro atoms. The summed E-state index contributed by atoms with van der Waals surface area (Å²) in [5.74, 6) is 0.221. The molecular formula is C9H15NO. The first-order chi connectivity index (χ1) is 5.25. The number of carbonyl (C=O) groups is 1. The van der Waals surface area contributed by atoms with Crippen LogP contribution in [0.2, 0.25) is 0 Å². The van der Waals surface area contributed by atoms with Gasteiger partial charge in [0.2, 0.25) is 5.91 Å². The molecule has 0 aliphatic carbocycles. The van der Waals surface area contributed by atoms with Crippen molar-refractivity contribution in [3.8, 4) is 0 Å². The first-order valence-electron chi connectivity index (χ1n) is 4.21. The maximum atomic E-state index is 11.3. The molecule has 0 saturated carbocycles. The van der Waals surface area contributed by atoms with Gasteiger partial charge in [0, 0.05) is 18.7 Å². The third-order valence-corrected chi connectivity index (χ3v) is 2.02. The highest BCUT2D eigenvalue weighted by atomic mass is 16.2. The van der Waals surface area contributed by atoms with Crippen LogP contribution in [0.3, 0.4) is 0 Å². The van der Waals surface area contributed by atoms with Crippen LogP contribution in [0.4, 0.5) is 0 Å². The largest absolute Gasteiger partial charge is 0.335 e. The molecular weight excluding hydrogens is 138 g/mol. The Bertz CT molecular complexity index is 184. The summed E-state index contributed by atoms with van der Waals surface area (Å²) in [5.41, 5.74) is 0.904. The minimum absolute atomic E-state index is 0.221. The highest BCUT2D eigenvalue weighted by Gasteiger charge is 2.18. The second-order valence-electron chi connectivity index (χ2n) is 2.99. The van der Waals surface area contributed by atoms with Crippen LogP contribution in [0.1, 0.15) is 26.7 Å². The van der Waals surface area contributed by atoms with Crippen LogP contribution in [-0.4, -0.2) is 23.9 Å². The number of carbonyl (C=O) groups excluding carboxylic acids is 1. The Hall–Kier alpha value is -0.790. The molecule has 2 nitrogen and oxygen atoms in total. The zero-order valence-corrected chi connectivity index (χ0v) is 7.26. The van der Waals surface area contributed by atoms with E-state index in [4.69, 9.17) is 0 Å². The Morgan fingerprint density at radius 3 is 2.82 bits per heavy atom. The molecule has 0 bridgehead atoms. The second-order valence-corrected chi connectivity index (χ2v) is 2.99. The fourth-order valence-corrected chi connectivity index (χ4v) is 1.21. The normalized spacial score (nSPS) is 17.5. The topological polar surface area (TPSA) is 20.3 Å². The molecule has 0 saturated heterocycles. The average Bonchev–Trinajstić information content (AvgIpc) is 2.31. The molecule has 1 aliphatic rings. The lowest BCUT2D eigenvalue weighted by molar-refractivity contribution is -0.125. The van der Waals surface area contributed by atoms with Crippen molar-refractivity contribution < 1.29 is 4.79 Å². The SMILES string of the molecule is CCCCN1CC=C(C)C1=O. The van der Waals surface area contributed by atoms with Crippen LogP contribution in [0.25, 0.3) is 0 Å². The molecule has 1 heterocycles. The van der Waals surface area contributed by atoms with Crippen molar-refractivity contribution in [2.75, 3.05) is 13.1 Å². The van der Waals surface area contributed by atoms with Crippen LogP contribution >= 0.6 is 0 Å². The van der Waals surface area contributed by atoms with E-state index in [0.29, 0.717) is 0 Å². The van der Waals surface area contributed by atoms with Gasteiger partial charge in [-0.25, -0.2) is 0 Å². The van der Waals surface area contributed by atoms with Crippen molar-refractivity contribution in [2.24, 2.45) is 0 Å². The lowest BCUT2D eigenvalue weighted by atomic mass is 10.3. The van der Waals surface area contributed by atoms with Gasteiger partial charge in [-0.3, -0.25) is 4.79 Å². The van der Waals surface area contributed by atoms with E-state index in [1.54, 1.807) is 0 Å². The number of unbranched alkanes of at least 4 members (excludes halogenated alkanes) is 1. The number of hydrogen-bond donors (Lipinski definition) is 0. The van der Waals surface area contributed by atoms with E-state index in [-0.39, 0.29) is 5.91 Å². The molecule has 0 N–H and O–H groups in total. The number of amides is 1. The standard InChI is InChI=1S/C9H15NO/c1-3-4-6-10-7-5-8(2)9(10)11/h5H,3-4,6-7H2,1-2H3. The summed E-state index contributed by atoms with van der Waals surface area (Å²) < 4.78 is 0. The molecule has 0 fully saturated rings. The molecule has 0 aromatic heterocycles. The van der Waals surface area contributed by atoms with Gasteiger partial charge in [0.05, 0.1) is 0 Å². The molecule has 62 valence electrons. The van der Waals surface area contributed by atoms with Gasteiger partial charge in [0.15, 0.2) is 0 Å². The molecule has 0 aromatic rings. The van der Waals surface area contributed by atoms with E-state index in [2.05, 4.69) is 6.92 Å². The molecule has 0 radical (unpaired) electrons. The minimum Gasteiger partial charge on any atom is -0.335 e. The summed E-state index contributed by atoms with van der Waals surface area (Å²) in [7, 11) is 0. The zero-order chi connectivity index (χ0) is 8.27. The van der Waals surface area contributed by atoms with Crippen LogP contribution in [0.5, 0.6) is 0 Å². The number of hydrogen-bond acceptors (Lipinski definition) is 1. The molecule has 0 atom stereocenters. The fourth-order valence-electron chi connectivity index (χ4n) is 1.21. The number of rotatable bonds is 3. The summed E-state index contributed by atoms with van der Waals surface area (Å²) in [5, 5.41) is 0. The van der Waals surface area contributed by atoms with Crippen molar-refractivity contribution >= 4 is 5.91 Å². The van der Waals surface area contributed by atoms with E-state index < -0.39 is 0 Å². The van der Waals surface area contributed by atoms with Gasteiger partial charge in [-0.2, -0.15) is 0 Å². The lowest BCUT2D eigenvalue weighted by Gasteiger charge is -2.14. The van der Waals surface area contributed by atoms with Crippen LogP contribution in [0, 0.1) is 0 Å². The highest BCUT2D eigenvalue weighted by molar-refractivity contribution is 5.95. The molecule has 2 heteroatoms. The third kappa shape index (κ3) is 1.82. The minimum atomic E-state index is 0.221. The van der Waals surface area contributed by atoms with E-state index in [9.17, 15) is 4.79 Å². The van der Waals surface area contributed by atoms with Gasteiger partial charge in [0.25, 0.3) is 0 Å². The molecule has 0 unspecified atom stereocenters. The molecule has 0 aromatic carbocycles. The molecule has 1 rings (SSSR count). The Morgan fingerprint density at radius 2 is 2.36 bits per heavy atom. The van der Waals surface area contributed by atoms with Crippen LogP contribution in [-0.2, 0) is 4.79 Å². The van der Waals surface area contributed by atoms with E-state index in [0.717, 1.165) is 31.5 Å². The maximum absolute atomic E-state index is 11.3. The predicted molar refractivity (Wildman–Crippen MR) is 45.2 cm³/mol. The third-order valence-electron chi connectivity index (χ3n) is 2.02. The average molecular weight is 153 g/mol. The second kappa shape index (κ2) is 3.56. The summed E-state index contributed by atoms with van der Waals surface area (Å²) in [6.45, 7) is 5.77. The smallest absolute Gasteiger partial charge is 0.249 e. The Balaban J connectivity index is 2.35. The molecule has 1 amide bonds. The quantitative estimate of drug-likeness (QED) is 0.602. The summed E-state index contributed by atoms with van der Waals surface area (Å²) >= 11 is 0. The van der Waals surface area contributed by atoms with Crippen molar-refractivity contribution in [3.63, 3.8) is 0 Å². The zero-order valence-electron chi connectivity index (χ0n) is 7.26. The molecule has 1 aliphatic heterocycles. The Morgan fingerprint density at radius 1 is 1.64 bits per heavy atom. The Kier molecular flexibility index (Phi) is 2.69. The van der Waals surface area contributed by atoms with Gasteiger partial charge in [-0.1, -0.05) is 19.4 Å². The molecule has 11 heavy (non-hydrogen) atoms. The Labute approximate surface area is 67.9 Å². The van der Waals surface area contributed by atoms with Gasteiger partial charge in [-0.15, -0.1) is 0 Å². The summed E-state index contributed by atoms with van der Waals surface area (Å²) in [6.07, 6.45) is 4.27. The van der Waals surface area contributed by atoms with E-state index in [1.165, 1.54) is 0 Å². The van der Waals surface area contributed by atoms with E-state index in [1.807, 2.05) is 17.9 Å². The monoisotopic (exact) mass is 153 g/mol. The highest BCUT2D eigenvalue weighted by Crippen LogP contribution is 2.10. The summed E-state index contributed by atoms with van der Waals surface area (Å²) in [6, 6.07) is 0.